The lowest BCUT2D eigenvalue weighted by Crippen LogP contribution is -2.39. The zero-order chi connectivity index (χ0) is 13.1. The van der Waals surface area contributed by atoms with Crippen molar-refractivity contribution in [3.63, 3.8) is 0 Å². The van der Waals surface area contributed by atoms with Gasteiger partial charge < -0.3 is 5.32 Å². The fourth-order valence-corrected chi connectivity index (χ4v) is 2.79. The molecular formula is C14H25N5. The zero-order valence-electron chi connectivity index (χ0n) is 11.9. The Kier molecular flexibility index (Phi) is 4.13. The molecule has 5 nitrogen and oxygen atoms in total. The standard InChI is InChI=1S/C14H25N5/c1-12-4-2-3-7-18(12)8-9-19-11-14(16-17-19)10-15-13-5-6-13/h11-13,15H,2-10H2,1H3. The van der Waals surface area contributed by atoms with Gasteiger partial charge in [0.1, 0.15) is 0 Å². The molecule has 2 heterocycles. The molecule has 19 heavy (non-hydrogen) atoms. The second kappa shape index (κ2) is 6.01. The number of hydrogen-bond donors (Lipinski definition) is 1. The largest absolute Gasteiger partial charge is 0.308 e. The van der Waals surface area contributed by atoms with E-state index in [-0.39, 0.29) is 0 Å². The van der Waals surface area contributed by atoms with Crippen LogP contribution in [-0.2, 0) is 13.1 Å². The predicted molar refractivity (Wildman–Crippen MR) is 74.8 cm³/mol. The molecule has 0 spiro atoms. The molecule has 0 aromatic carbocycles. The highest BCUT2D eigenvalue weighted by Gasteiger charge is 2.20. The van der Waals surface area contributed by atoms with Crippen molar-refractivity contribution in [2.45, 2.75) is 64.2 Å². The first kappa shape index (κ1) is 13.1. The number of nitrogens with zero attached hydrogens (tertiary/aromatic N) is 4. The van der Waals surface area contributed by atoms with E-state index in [4.69, 9.17) is 0 Å². The van der Waals surface area contributed by atoms with Crippen LogP contribution in [0.2, 0.25) is 0 Å². The normalized spacial score (nSPS) is 24.8. The molecule has 0 radical (unpaired) electrons. The third-order valence-electron chi connectivity index (χ3n) is 4.29. The summed E-state index contributed by atoms with van der Waals surface area (Å²) in [4.78, 5) is 2.58. The summed E-state index contributed by atoms with van der Waals surface area (Å²) >= 11 is 0. The van der Waals surface area contributed by atoms with Gasteiger partial charge in [0, 0.05) is 31.4 Å². The summed E-state index contributed by atoms with van der Waals surface area (Å²) in [5.74, 6) is 0. The van der Waals surface area contributed by atoms with E-state index in [1.165, 1.54) is 38.6 Å². The van der Waals surface area contributed by atoms with E-state index in [1.807, 2.05) is 4.68 Å². The minimum Gasteiger partial charge on any atom is -0.308 e. The average Bonchev–Trinajstić information content (AvgIpc) is 3.14. The Morgan fingerprint density at radius 1 is 1.26 bits per heavy atom. The van der Waals surface area contributed by atoms with E-state index in [0.29, 0.717) is 0 Å². The summed E-state index contributed by atoms with van der Waals surface area (Å²) in [6.07, 6.45) is 8.80. The van der Waals surface area contributed by atoms with Crippen molar-refractivity contribution in [2.24, 2.45) is 0 Å². The highest BCUT2D eigenvalue weighted by Crippen LogP contribution is 2.19. The van der Waals surface area contributed by atoms with E-state index in [9.17, 15) is 0 Å². The minimum absolute atomic E-state index is 0.730. The first-order valence-corrected chi connectivity index (χ1v) is 7.68. The fourth-order valence-electron chi connectivity index (χ4n) is 2.79. The van der Waals surface area contributed by atoms with Crippen LogP contribution in [0.5, 0.6) is 0 Å². The Bertz CT molecular complexity index is 398. The predicted octanol–water partition coefficient (Wildman–Crippen LogP) is 1.40. The molecule has 1 atom stereocenters. The van der Waals surface area contributed by atoms with Crippen molar-refractivity contribution >= 4 is 0 Å². The lowest BCUT2D eigenvalue weighted by atomic mass is 10.0. The molecule has 1 saturated heterocycles. The van der Waals surface area contributed by atoms with Gasteiger partial charge in [-0.3, -0.25) is 9.58 Å². The van der Waals surface area contributed by atoms with Crippen molar-refractivity contribution in [2.75, 3.05) is 13.1 Å². The molecule has 0 bridgehead atoms. The van der Waals surface area contributed by atoms with Gasteiger partial charge in [-0.25, -0.2) is 0 Å². The molecule has 1 aromatic heterocycles. The molecule has 3 rings (SSSR count). The third-order valence-corrected chi connectivity index (χ3v) is 4.29. The van der Waals surface area contributed by atoms with Gasteiger partial charge in [-0.2, -0.15) is 0 Å². The summed E-state index contributed by atoms with van der Waals surface area (Å²) in [6, 6.07) is 1.47. The molecule has 106 valence electrons. The maximum Gasteiger partial charge on any atom is 0.0964 e. The highest BCUT2D eigenvalue weighted by atomic mass is 15.4. The molecule has 5 heteroatoms. The number of piperidine rings is 1. The molecule has 1 unspecified atom stereocenters. The van der Waals surface area contributed by atoms with Crippen LogP contribution in [0.1, 0.15) is 44.7 Å². The van der Waals surface area contributed by atoms with Crippen molar-refractivity contribution in [3.05, 3.63) is 11.9 Å². The summed E-state index contributed by atoms with van der Waals surface area (Å²) in [7, 11) is 0. The maximum atomic E-state index is 4.23. The van der Waals surface area contributed by atoms with Crippen LogP contribution >= 0.6 is 0 Å². The van der Waals surface area contributed by atoms with Gasteiger partial charge in [0.2, 0.25) is 0 Å². The van der Waals surface area contributed by atoms with E-state index in [1.54, 1.807) is 0 Å². The Hall–Kier alpha value is -0.940. The minimum atomic E-state index is 0.730. The van der Waals surface area contributed by atoms with Gasteiger partial charge in [-0.15, -0.1) is 5.10 Å². The van der Waals surface area contributed by atoms with E-state index < -0.39 is 0 Å². The van der Waals surface area contributed by atoms with Crippen molar-refractivity contribution in [3.8, 4) is 0 Å². The molecule has 1 saturated carbocycles. The van der Waals surface area contributed by atoms with E-state index in [2.05, 4.69) is 33.6 Å². The highest BCUT2D eigenvalue weighted by molar-refractivity contribution is 4.94. The Balaban J connectivity index is 1.43. The average molecular weight is 263 g/mol. The van der Waals surface area contributed by atoms with Crippen molar-refractivity contribution < 1.29 is 0 Å². The SMILES string of the molecule is CC1CCCCN1CCn1cc(CNC2CC2)nn1. The first-order chi connectivity index (χ1) is 9.31. The number of rotatable bonds is 6. The molecular weight excluding hydrogens is 238 g/mol. The van der Waals surface area contributed by atoms with Crippen LogP contribution in [-0.4, -0.2) is 45.1 Å². The van der Waals surface area contributed by atoms with Crippen LogP contribution in [0.15, 0.2) is 6.20 Å². The van der Waals surface area contributed by atoms with Crippen molar-refractivity contribution in [1.82, 2.24) is 25.2 Å². The molecule has 0 amide bonds. The smallest absolute Gasteiger partial charge is 0.0964 e. The lowest BCUT2D eigenvalue weighted by molar-refractivity contribution is 0.153. The van der Waals surface area contributed by atoms with Gasteiger partial charge in [-0.05, 0) is 39.2 Å². The van der Waals surface area contributed by atoms with Crippen molar-refractivity contribution in [1.29, 1.82) is 0 Å². The number of aromatic nitrogens is 3. The Morgan fingerprint density at radius 3 is 2.95 bits per heavy atom. The summed E-state index contributed by atoms with van der Waals surface area (Å²) < 4.78 is 1.99. The summed E-state index contributed by atoms with van der Waals surface area (Å²) in [5.41, 5.74) is 1.07. The topological polar surface area (TPSA) is 46.0 Å². The molecule has 1 aromatic rings. The maximum absolute atomic E-state index is 4.23. The van der Waals surface area contributed by atoms with Crippen LogP contribution < -0.4 is 5.32 Å². The number of nitrogens with one attached hydrogen (secondary N) is 1. The molecule has 2 aliphatic rings. The second-order valence-electron chi connectivity index (χ2n) is 6.01. The molecule has 1 aliphatic heterocycles. The van der Waals surface area contributed by atoms with Crippen LogP contribution in [0.25, 0.3) is 0 Å². The molecule has 2 fully saturated rings. The third kappa shape index (κ3) is 3.76. The Morgan fingerprint density at radius 2 is 2.16 bits per heavy atom. The van der Waals surface area contributed by atoms with Gasteiger partial charge in [0.15, 0.2) is 0 Å². The molecule has 1 N–H and O–H groups in total. The zero-order valence-corrected chi connectivity index (χ0v) is 11.9. The number of likely N-dealkylation sites (tertiary alicyclic amines) is 1. The lowest BCUT2D eigenvalue weighted by Gasteiger charge is -2.33. The van der Waals surface area contributed by atoms with Gasteiger partial charge >= 0.3 is 0 Å². The monoisotopic (exact) mass is 263 g/mol. The fraction of sp³-hybridized carbons (Fsp3) is 0.857. The van der Waals surface area contributed by atoms with Crippen LogP contribution in [0.3, 0.4) is 0 Å². The quantitative estimate of drug-likeness (QED) is 0.843. The first-order valence-electron chi connectivity index (χ1n) is 7.68. The Labute approximate surface area is 115 Å². The molecule has 1 aliphatic carbocycles. The van der Waals surface area contributed by atoms with Gasteiger partial charge in [-0.1, -0.05) is 11.6 Å². The summed E-state index contributed by atoms with van der Waals surface area (Å²) in [5, 5.41) is 11.9. The number of hydrogen-bond acceptors (Lipinski definition) is 4. The van der Waals surface area contributed by atoms with Gasteiger partial charge in [0.05, 0.1) is 12.2 Å². The summed E-state index contributed by atoms with van der Waals surface area (Å²) in [6.45, 7) is 6.50. The van der Waals surface area contributed by atoms with E-state index >= 15 is 0 Å². The van der Waals surface area contributed by atoms with Gasteiger partial charge in [0.25, 0.3) is 0 Å². The van der Waals surface area contributed by atoms with Crippen LogP contribution in [0.4, 0.5) is 0 Å². The van der Waals surface area contributed by atoms with Crippen LogP contribution in [0, 0.1) is 0 Å². The van der Waals surface area contributed by atoms with E-state index in [0.717, 1.165) is 37.4 Å². The second-order valence-corrected chi connectivity index (χ2v) is 6.01.